The Labute approximate surface area is 237 Å². The third-order valence-electron chi connectivity index (χ3n) is 7.66. The van der Waals surface area contributed by atoms with E-state index < -0.39 is 5.60 Å². The first kappa shape index (κ1) is 28.1. The Morgan fingerprint density at radius 1 is 1.02 bits per heavy atom. The van der Waals surface area contributed by atoms with Crippen molar-refractivity contribution in [3.8, 4) is 5.88 Å². The van der Waals surface area contributed by atoms with Crippen molar-refractivity contribution in [2.75, 3.05) is 44.2 Å². The Kier molecular flexibility index (Phi) is 8.69. The monoisotopic (exact) mass is 547 g/mol. The third-order valence-corrected chi connectivity index (χ3v) is 7.66. The molecule has 2 aromatic rings. The average molecular weight is 548 g/mol. The fraction of sp³-hybridized carbons (Fsp3) is 0.548. The van der Waals surface area contributed by atoms with Crippen LogP contribution >= 0.6 is 0 Å². The molecule has 0 radical (unpaired) electrons. The van der Waals surface area contributed by atoms with Gasteiger partial charge in [0.05, 0.1) is 5.69 Å². The van der Waals surface area contributed by atoms with Crippen LogP contribution in [0.15, 0.2) is 47.6 Å². The first-order valence-corrected chi connectivity index (χ1v) is 14.5. The lowest BCUT2D eigenvalue weighted by Gasteiger charge is -2.38. The van der Waals surface area contributed by atoms with Gasteiger partial charge in [-0.25, -0.2) is 9.78 Å². The molecule has 0 N–H and O–H groups in total. The van der Waals surface area contributed by atoms with E-state index in [-0.39, 0.29) is 18.0 Å². The lowest BCUT2D eigenvalue weighted by Crippen LogP contribution is -2.49. The number of likely N-dealkylation sites (tertiary alicyclic amines) is 2. The van der Waals surface area contributed by atoms with Crippen molar-refractivity contribution in [1.29, 1.82) is 0 Å². The Morgan fingerprint density at radius 2 is 1.75 bits per heavy atom. The predicted molar refractivity (Wildman–Crippen MR) is 155 cm³/mol. The number of ether oxygens (including phenoxy) is 2. The van der Waals surface area contributed by atoms with Crippen LogP contribution in [0.25, 0.3) is 0 Å². The van der Waals surface area contributed by atoms with Gasteiger partial charge in [-0.2, -0.15) is 4.99 Å². The van der Waals surface area contributed by atoms with Crippen molar-refractivity contribution >= 4 is 23.5 Å². The highest BCUT2D eigenvalue weighted by molar-refractivity contribution is 6.12. The Balaban J connectivity index is 1.33. The van der Waals surface area contributed by atoms with E-state index in [1.807, 2.05) is 51.2 Å². The van der Waals surface area contributed by atoms with Crippen LogP contribution in [-0.2, 0) is 11.2 Å². The van der Waals surface area contributed by atoms with Crippen LogP contribution in [0.1, 0.15) is 68.8 Å². The summed E-state index contributed by atoms with van der Waals surface area (Å²) < 4.78 is 11.7. The van der Waals surface area contributed by atoms with E-state index in [9.17, 15) is 9.59 Å². The highest BCUT2D eigenvalue weighted by atomic mass is 16.6. The normalized spacial score (nSPS) is 19.5. The maximum absolute atomic E-state index is 13.1. The molecule has 0 unspecified atom stereocenters. The second-order valence-corrected chi connectivity index (χ2v) is 11.8. The fourth-order valence-corrected chi connectivity index (χ4v) is 5.65. The van der Waals surface area contributed by atoms with Crippen LogP contribution in [-0.4, -0.2) is 83.6 Å². The molecule has 2 fully saturated rings. The number of nitrogens with zero attached hydrogens (tertiary/aromatic N) is 5. The number of carbonyl (C=O) groups is 2. The summed E-state index contributed by atoms with van der Waals surface area (Å²) in [5.74, 6) is 1.04. The van der Waals surface area contributed by atoms with E-state index in [1.54, 1.807) is 17.0 Å². The molecule has 0 saturated carbocycles. The zero-order valence-electron chi connectivity index (χ0n) is 24.0. The van der Waals surface area contributed by atoms with Gasteiger partial charge in [0.2, 0.25) is 5.88 Å². The molecule has 1 aromatic heterocycles. The van der Waals surface area contributed by atoms with Crippen molar-refractivity contribution in [3.05, 3.63) is 53.7 Å². The Bertz CT molecular complexity index is 1210. The highest BCUT2D eigenvalue weighted by Gasteiger charge is 2.36. The lowest BCUT2D eigenvalue weighted by molar-refractivity contribution is 0.0207. The molecular weight excluding hydrogens is 506 g/mol. The summed E-state index contributed by atoms with van der Waals surface area (Å²) in [5.41, 5.74) is 2.04. The molecule has 0 bridgehead atoms. The van der Waals surface area contributed by atoms with E-state index >= 15 is 0 Å². The van der Waals surface area contributed by atoms with Crippen LogP contribution in [0.3, 0.4) is 0 Å². The number of aromatic nitrogens is 1. The molecule has 0 atom stereocenters. The van der Waals surface area contributed by atoms with Crippen molar-refractivity contribution < 1.29 is 19.1 Å². The van der Waals surface area contributed by atoms with Gasteiger partial charge < -0.3 is 19.3 Å². The molecule has 0 aliphatic carbocycles. The van der Waals surface area contributed by atoms with Gasteiger partial charge in [-0.15, -0.1) is 0 Å². The van der Waals surface area contributed by atoms with Gasteiger partial charge in [0.15, 0.2) is 0 Å². The molecule has 4 heterocycles. The number of amides is 2. The molecule has 2 amide bonds. The van der Waals surface area contributed by atoms with Crippen LogP contribution in [0.4, 0.5) is 10.5 Å². The summed E-state index contributed by atoms with van der Waals surface area (Å²) in [6.07, 6.45) is 7.40. The average Bonchev–Trinajstić information content (AvgIpc) is 3.30. The van der Waals surface area contributed by atoms with Crippen LogP contribution < -0.4 is 9.64 Å². The fourth-order valence-electron chi connectivity index (χ4n) is 5.65. The number of hydrogen-bond donors (Lipinski definition) is 0. The largest absolute Gasteiger partial charge is 0.476 e. The Morgan fingerprint density at radius 3 is 2.45 bits per heavy atom. The maximum Gasteiger partial charge on any atom is 0.410 e. The number of fused-ring (bicyclic) bond motifs is 1. The van der Waals surface area contributed by atoms with Crippen LogP contribution in [0, 0.1) is 0 Å². The number of benzene rings is 1. The first-order chi connectivity index (χ1) is 19.3. The summed E-state index contributed by atoms with van der Waals surface area (Å²) >= 11 is 0. The van der Waals surface area contributed by atoms with Gasteiger partial charge in [0.1, 0.15) is 18.0 Å². The highest BCUT2D eigenvalue weighted by Crippen LogP contribution is 2.36. The lowest BCUT2D eigenvalue weighted by atomic mass is 10.0. The molecule has 3 aliphatic heterocycles. The molecule has 9 nitrogen and oxygen atoms in total. The number of anilines is 1. The van der Waals surface area contributed by atoms with E-state index in [1.165, 1.54) is 19.3 Å². The van der Waals surface area contributed by atoms with E-state index in [4.69, 9.17) is 9.47 Å². The molecule has 3 aliphatic rings. The minimum Gasteiger partial charge on any atom is -0.476 e. The number of hydrogen-bond acceptors (Lipinski definition) is 6. The smallest absolute Gasteiger partial charge is 0.410 e. The number of amidine groups is 1. The summed E-state index contributed by atoms with van der Waals surface area (Å²) in [6.45, 7) is 10.5. The molecule has 1 aromatic carbocycles. The molecule has 0 spiro atoms. The van der Waals surface area contributed by atoms with E-state index in [0.717, 1.165) is 43.7 Å². The number of carbonyl (C=O) groups excluding carboxylic acids is 2. The van der Waals surface area contributed by atoms with Gasteiger partial charge >= 0.3 is 6.09 Å². The standard InChI is InChI=1S/C31H41N5O4/c1-31(2,3)40-30(38)35-16-12-25(13-17-35)36-26-21-28(39-19-18-34-14-8-5-9-15-34)32-22-24(26)20-27(36)33-29(37)23-10-6-4-7-11-23/h4,6-7,10-11,21-22,25H,5,8-9,12-20H2,1-3H3. The van der Waals surface area contributed by atoms with Gasteiger partial charge in [-0.1, -0.05) is 24.6 Å². The van der Waals surface area contributed by atoms with Crippen molar-refractivity contribution in [1.82, 2.24) is 14.8 Å². The Hall–Kier alpha value is -3.46. The number of piperidine rings is 2. The summed E-state index contributed by atoms with van der Waals surface area (Å²) in [5, 5.41) is 0. The van der Waals surface area contributed by atoms with Crippen molar-refractivity contribution in [3.63, 3.8) is 0 Å². The van der Waals surface area contributed by atoms with E-state index in [0.29, 0.717) is 43.4 Å². The van der Waals surface area contributed by atoms with Gasteiger partial charge in [-0.05, 0) is 71.7 Å². The summed E-state index contributed by atoms with van der Waals surface area (Å²) in [4.78, 5) is 41.3. The number of aliphatic imine (C=N–C) groups is 1. The van der Waals surface area contributed by atoms with Crippen molar-refractivity contribution in [2.45, 2.75) is 70.9 Å². The third kappa shape index (κ3) is 6.99. The molecule has 5 rings (SSSR count). The SMILES string of the molecule is CC(C)(C)OC(=O)N1CCC(N2C(=NC(=O)c3ccccc3)Cc3cnc(OCCN4CCCCC4)cc32)CC1. The molecule has 9 heteroatoms. The minimum absolute atomic E-state index is 0.0888. The number of pyridine rings is 1. The van der Waals surface area contributed by atoms with Crippen LogP contribution in [0.5, 0.6) is 5.88 Å². The molecular formula is C31H41N5O4. The predicted octanol–water partition coefficient (Wildman–Crippen LogP) is 4.95. The molecule has 2 saturated heterocycles. The second kappa shape index (κ2) is 12.4. The van der Waals surface area contributed by atoms with Crippen molar-refractivity contribution in [2.24, 2.45) is 4.99 Å². The topological polar surface area (TPSA) is 87.6 Å². The van der Waals surface area contributed by atoms with E-state index in [2.05, 4.69) is 19.8 Å². The maximum atomic E-state index is 13.1. The summed E-state index contributed by atoms with van der Waals surface area (Å²) in [7, 11) is 0. The molecule has 214 valence electrons. The van der Waals surface area contributed by atoms with Gasteiger partial charge in [-0.3, -0.25) is 9.69 Å². The van der Waals surface area contributed by atoms with Gasteiger partial charge in [0, 0.05) is 55.5 Å². The van der Waals surface area contributed by atoms with Crippen LogP contribution in [0.2, 0.25) is 0 Å². The quantitative estimate of drug-likeness (QED) is 0.506. The van der Waals surface area contributed by atoms with Gasteiger partial charge in [0.25, 0.3) is 5.91 Å². The first-order valence-electron chi connectivity index (χ1n) is 14.5. The summed E-state index contributed by atoms with van der Waals surface area (Å²) in [6, 6.07) is 11.2. The second-order valence-electron chi connectivity index (χ2n) is 11.8. The number of rotatable bonds is 6. The minimum atomic E-state index is -0.531. The zero-order valence-corrected chi connectivity index (χ0v) is 24.0. The molecule has 40 heavy (non-hydrogen) atoms. The zero-order chi connectivity index (χ0) is 28.1.